The summed E-state index contributed by atoms with van der Waals surface area (Å²) in [6.45, 7) is 4.79. The van der Waals surface area contributed by atoms with E-state index in [1.165, 1.54) is 5.56 Å². The predicted molar refractivity (Wildman–Crippen MR) is 105 cm³/mol. The van der Waals surface area contributed by atoms with Crippen LogP contribution in [0.1, 0.15) is 18.4 Å². The van der Waals surface area contributed by atoms with Crippen LogP contribution >= 0.6 is 11.3 Å². The SMILES string of the molecule is CN1CCNC(=O)C12CCN(Cc1ccsc1)CC2.O=C(O)C(F)(F)F.O=C(O)C(F)(F)F. The second-order valence-corrected chi connectivity index (χ2v) is 8.00. The van der Waals surface area contributed by atoms with Gasteiger partial charge in [-0.3, -0.25) is 14.6 Å². The van der Waals surface area contributed by atoms with Crippen molar-refractivity contribution in [1.82, 2.24) is 15.1 Å². The van der Waals surface area contributed by atoms with Gasteiger partial charge in [-0.25, -0.2) is 9.59 Å². The molecule has 3 N–H and O–H groups in total. The molecule has 0 unspecified atom stereocenters. The Kier molecular flexibility index (Phi) is 10.1. The van der Waals surface area contributed by atoms with Gasteiger partial charge in [-0.15, -0.1) is 0 Å². The average molecular weight is 507 g/mol. The van der Waals surface area contributed by atoms with Crippen molar-refractivity contribution < 1.29 is 50.9 Å². The molecule has 2 aliphatic heterocycles. The molecule has 3 rings (SSSR count). The van der Waals surface area contributed by atoms with E-state index < -0.39 is 24.3 Å². The number of piperazine rings is 1. The van der Waals surface area contributed by atoms with Crippen LogP contribution in [0.3, 0.4) is 0 Å². The fraction of sp³-hybridized carbons (Fsp3) is 0.611. The van der Waals surface area contributed by atoms with Crippen LogP contribution in [0.4, 0.5) is 26.3 Å². The third kappa shape index (κ3) is 8.81. The molecule has 2 fully saturated rings. The molecule has 2 saturated heterocycles. The van der Waals surface area contributed by atoms with Crippen LogP contribution in [0, 0.1) is 0 Å². The minimum Gasteiger partial charge on any atom is -0.475 e. The van der Waals surface area contributed by atoms with Gasteiger partial charge < -0.3 is 15.5 Å². The number of likely N-dealkylation sites (tertiary alicyclic amines) is 1. The number of piperidine rings is 1. The Hall–Kier alpha value is -2.39. The summed E-state index contributed by atoms with van der Waals surface area (Å²) < 4.78 is 63.5. The van der Waals surface area contributed by atoms with Gasteiger partial charge in [0, 0.05) is 32.7 Å². The number of aliphatic carboxylic acids is 2. The number of amides is 1. The number of halogens is 6. The fourth-order valence-corrected chi connectivity index (χ4v) is 3.88. The van der Waals surface area contributed by atoms with Crippen LogP contribution < -0.4 is 5.32 Å². The lowest BCUT2D eigenvalue weighted by molar-refractivity contribution is -0.193. The minimum absolute atomic E-state index is 0.233. The largest absolute Gasteiger partial charge is 0.490 e. The van der Waals surface area contributed by atoms with E-state index in [0.29, 0.717) is 0 Å². The van der Waals surface area contributed by atoms with Crippen molar-refractivity contribution in [3.63, 3.8) is 0 Å². The molecule has 0 aromatic carbocycles. The molecular weight excluding hydrogens is 484 g/mol. The van der Waals surface area contributed by atoms with E-state index in [-0.39, 0.29) is 11.4 Å². The average Bonchev–Trinajstić information content (AvgIpc) is 3.20. The van der Waals surface area contributed by atoms with Crippen molar-refractivity contribution in [1.29, 1.82) is 0 Å². The Bertz CT molecular complexity index is 768. The maximum absolute atomic E-state index is 12.2. The second kappa shape index (κ2) is 11.7. The maximum atomic E-state index is 12.2. The summed E-state index contributed by atoms with van der Waals surface area (Å²) in [4.78, 5) is 34.7. The molecule has 0 aliphatic carbocycles. The van der Waals surface area contributed by atoms with E-state index in [2.05, 4.69) is 39.0 Å². The maximum Gasteiger partial charge on any atom is 0.490 e. The summed E-state index contributed by atoms with van der Waals surface area (Å²) >= 11 is 1.75. The van der Waals surface area contributed by atoms with Crippen molar-refractivity contribution in [3.8, 4) is 0 Å². The molecular formula is C18H23F6N3O5S. The molecule has 0 bridgehead atoms. The van der Waals surface area contributed by atoms with Crippen LogP contribution in [0.5, 0.6) is 0 Å². The number of rotatable bonds is 2. The topological polar surface area (TPSA) is 110 Å². The van der Waals surface area contributed by atoms with Crippen molar-refractivity contribution in [3.05, 3.63) is 22.4 Å². The van der Waals surface area contributed by atoms with Gasteiger partial charge >= 0.3 is 24.3 Å². The zero-order chi connectivity index (χ0) is 25.4. The van der Waals surface area contributed by atoms with E-state index in [0.717, 1.165) is 45.6 Å². The second-order valence-electron chi connectivity index (χ2n) is 7.22. The fourth-order valence-electron chi connectivity index (χ4n) is 3.22. The smallest absolute Gasteiger partial charge is 0.475 e. The van der Waals surface area contributed by atoms with Gasteiger partial charge in [-0.05, 0) is 42.3 Å². The first-order valence-corrected chi connectivity index (χ1v) is 10.4. The summed E-state index contributed by atoms with van der Waals surface area (Å²) in [6, 6.07) is 2.19. The van der Waals surface area contributed by atoms with Gasteiger partial charge in [0.25, 0.3) is 0 Å². The van der Waals surface area contributed by atoms with E-state index >= 15 is 0 Å². The van der Waals surface area contributed by atoms with Crippen molar-refractivity contribution in [2.24, 2.45) is 0 Å². The molecule has 1 spiro atoms. The molecule has 1 aromatic heterocycles. The monoisotopic (exact) mass is 507 g/mol. The first-order valence-electron chi connectivity index (χ1n) is 9.43. The highest BCUT2D eigenvalue weighted by Gasteiger charge is 2.46. The van der Waals surface area contributed by atoms with Crippen molar-refractivity contribution in [2.75, 3.05) is 33.2 Å². The summed E-state index contributed by atoms with van der Waals surface area (Å²) in [5, 5.41) is 21.6. The van der Waals surface area contributed by atoms with Crippen molar-refractivity contribution in [2.45, 2.75) is 37.3 Å². The molecule has 1 amide bonds. The number of nitrogens with one attached hydrogen (secondary N) is 1. The molecule has 2 aliphatic rings. The normalized spacial score (nSPS) is 18.9. The van der Waals surface area contributed by atoms with Gasteiger partial charge in [-0.1, -0.05) is 0 Å². The molecule has 0 saturated carbocycles. The Morgan fingerprint density at radius 1 is 1.06 bits per heavy atom. The van der Waals surface area contributed by atoms with Gasteiger partial charge in [0.15, 0.2) is 0 Å². The number of nitrogens with zero attached hydrogens (tertiary/aromatic N) is 2. The Morgan fingerprint density at radius 2 is 1.55 bits per heavy atom. The van der Waals surface area contributed by atoms with Crippen LogP contribution in [0.25, 0.3) is 0 Å². The zero-order valence-corrected chi connectivity index (χ0v) is 18.2. The van der Waals surface area contributed by atoms with E-state index in [9.17, 15) is 31.1 Å². The third-order valence-corrected chi connectivity index (χ3v) is 5.77. The number of carbonyl (C=O) groups excluding carboxylic acids is 1. The lowest BCUT2D eigenvalue weighted by Gasteiger charge is -2.48. The summed E-state index contributed by atoms with van der Waals surface area (Å²) in [7, 11) is 2.09. The van der Waals surface area contributed by atoms with Crippen LogP contribution in [-0.2, 0) is 20.9 Å². The zero-order valence-electron chi connectivity index (χ0n) is 17.4. The molecule has 8 nitrogen and oxygen atoms in total. The molecule has 3 heterocycles. The summed E-state index contributed by atoms with van der Waals surface area (Å²) in [6.07, 6.45) is -8.28. The highest BCUT2D eigenvalue weighted by molar-refractivity contribution is 7.07. The third-order valence-electron chi connectivity index (χ3n) is 5.04. The van der Waals surface area contributed by atoms with Gasteiger partial charge in [0.1, 0.15) is 5.54 Å². The van der Waals surface area contributed by atoms with E-state index in [1.54, 1.807) is 11.3 Å². The molecule has 0 atom stereocenters. The molecule has 188 valence electrons. The molecule has 33 heavy (non-hydrogen) atoms. The highest BCUT2D eigenvalue weighted by Crippen LogP contribution is 2.30. The molecule has 0 radical (unpaired) electrons. The minimum atomic E-state index is -5.08. The first-order chi connectivity index (χ1) is 15.1. The lowest BCUT2D eigenvalue weighted by Crippen LogP contribution is -2.66. The predicted octanol–water partition coefficient (Wildman–Crippen LogP) is 2.41. The number of carbonyl (C=O) groups is 3. The number of likely N-dealkylation sites (N-methyl/N-ethyl adjacent to an activating group) is 1. The van der Waals surface area contributed by atoms with Crippen LogP contribution in [0.15, 0.2) is 16.8 Å². The molecule has 15 heteroatoms. The summed E-state index contributed by atoms with van der Waals surface area (Å²) in [5.74, 6) is -5.28. The van der Waals surface area contributed by atoms with E-state index in [1.807, 2.05) is 0 Å². The number of carboxylic acids is 2. The lowest BCUT2D eigenvalue weighted by atomic mass is 9.83. The van der Waals surface area contributed by atoms with Gasteiger partial charge in [0.05, 0.1) is 0 Å². The van der Waals surface area contributed by atoms with Crippen LogP contribution in [0.2, 0.25) is 0 Å². The number of hydrogen-bond acceptors (Lipinski definition) is 6. The number of thiophene rings is 1. The number of carboxylic acid groups (broad SMARTS) is 2. The van der Waals surface area contributed by atoms with Gasteiger partial charge in [0.2, 0.25) is 5.91 Å². The highest BCUT2D eigenvalue weighted by atomic mass is 32.1. The van der Waals surface area contributed by atoms with E-state index in [4.69, 9.17) is 19.8 Å². The summed E-state index contributed by atoms with van der Waals surface area (Å²) in [5.41, 5.74) is 1.14. The number of hydrogen-bond donors (Lipinski definition) is 3. The van der Waals surface area contributed by atoms with Crippen LogP contribution in [-0.4, -0.2) is 89.0 Å². The number of alkyl halides is 6. The first kappa shape index (κ1) is 28.6. The Balaban J connectivity index is 0.000000324. The van der Waals surface area contributed by atoms with Crippen molar-refractivity contribution >= 4 is 29.2 Å². The standard InChI is InChI=1S/C14H21N3OS.2C2HF3O2/c1-16-8-5-15-13(18)14(16)3-6-17(7-4-14)10-12-2-9-19-11-12;2*3-2(4,5)1(6)7/h2,9,11H,3-8,10H2,1H3,(H,15,18);2*(H,6,7). The van der Waals surface area contributed by atoms with Gasteiger partial charge in [-0.2, -0.15) is 37.7 Å². The molecule has 1 aromatic rings. The Morgan fingerprint density at radius 3 is 1.91 bits per heavy atom. The quantitative estimate of drug-likeness (QED) is 0.528. The Labute approximate surface area is 188 Å².